The molecule has 2 aliphatic carbocycles. The van der Waals surface area contributed by atoms with Crippen LogP contribution in [0.25, 0.3) is 0 Å². The summed E-state index contributed by atoms with van der Waals surface area (Å²) < 4.78 is 0. The van der Waals surface area contributed by atoms with Crippen LogP contribution in [0, 0.1) is 17.3 Å². The van der Waals surface area contributed by atoms with Crippen molar-refractivity contribution >= 4 is 0 Å². The maximum Gasteiger partial charge on any atom is -0.0295 e. The van der Waals surface area contributed by atoms with Crippen molar-refractivity contribution in [2.24, 2.45) is 17.3 Å². The summed E-state index contributed by atoms with van der Waals surface area (Å²) in [6, 6.07) is 0. The van der Waals surface area contributed by atoms with E-state index < -0.39 is 0 Å². The second kappa shape index (κ2) is 2.50. The molecule has 0 aromatic heterocycles. The average Bonchev–Trinajstić information content (AvgIpc) is 2.01. The Bertz CT molecular complexity index is 150. The van der Waals surface area contributed by atoms with E-state index >= 15 is 0 Å². The Hall–Kier alpha value is 0. The fourth-order valence-electron chi connectivity index (χ4n) is 3.28. The first-order chi connectivity index (χ1) is 5.22. The van der Waals surface area contributed by atoms with Crippen LogP contribution in [0.2, 0.25) is 0 Å². The fraction of sp³-hybridized carbons (Fsp3) is 1.00. The highest BCUT2D eigenvalue weighted by molar-refractivity contribution is 4.95. The van der Waals surface area contributed by atoms with E-state index in [-0.39, 0.29) is 0 Å². The zero-order valence-electron chi connectivity index (χ0n) is 7.90. The molecule has 0 radical (unpaired) electrons. The van der Waals surface area contributed by atoms with Gasteiger partial charge in [-0.05, 0) is 36.5 Å². The first-order valence-corrected chi connectivity index (χ1v) is 5.22. The van der Waals surface area contributed by atoms with E-state index in [1.807, 2.05) is 0 Å². The van der Waals surface area contributed by atoms with Crippen molar-refractivity contribution in [2.45, 2.75) is 52.4 Å². The number of hydrogen-bond acceptors (Lipinski definition) is 0. The third-order valence-electron chi connectivity index (χ3n) is 4.27. The molecule has 0 aliphatic heterocycles. The fourth-order valence-corrected chi connectivity index (χ4v) is 3.28. The summed E-state index contributed by atoms with van der Waals surface area (Å²) in [5.41, 5.74) is 0.774. The third kappa shape index (κ3) is 1.11. The molecule has 2 aliphatic rings. The minimum Gasteiger partial charge on any atom is -0.0622 e. The predicted octanol–water partition coefficient (Wildman–Crippen LogP) is 3.61. The SMILES string of the molecule is CC1CCCCC2(C)CCC12. The third-order valence-corrected chi connectivity index (χ3v) is 4.27. The zero-order chi connectivity index (χ0) is 7.90. The van der Waals surface area contributed by atoms with Crippen LogP contribution in [0.1, 0.15) is 52.4 Å². The van der Waals surface area contributed by atoms with Gasteiger partial charge in [0, 0.05) is 0 Å². The number of rotatable bonds is 0. The summed E-state index contributed by atoms with van der Waals surface area (Å²) in [5.74, 6) is 2.11. The highest BCUT2D eigenvalue weighted by Gasteiger charge is 2.45. The first-order valence-electron chi connectivity index (χ1n) is 5.22. The highest BCUT2D eigenvalue weighted by atomic mass is 14.5. The van der Waals surface area contributed by atoms with Gasteiger partial charge in [-0.25, -0.2) is 0 Å². The molecule has 2 fully saturated rings. The molecule has 0 N–H and O–H groups in total. The maximum atomic E-state index is 2.52. The smallest absolute Gasteiger partial charge is 0.0295 e. The van der Waals surface area contributed by atoms with Gasteiger partial charge in [-0.3, -0.25) is 0 Å². The molecule has 0 bridgehead atoms. The van der Waals surface area contributed by atoms with Gasteiger partial charge in [0.25, 0.3) is 0 Å². The number of hydrogen-bond donors (Lipinski definition) is 0. The quantitative estimate of drug-likeness (QED) is 0.497. The minimum absolute atomic E-state index is 0.774. The lowest BCUT2D eigenvalue weighted by Crippen LogP contribution is -2.39. The molecular formula is C11H20. The van der Waals surface area contributed by atoms with E-state index in [2.05, 4.69) is 13.8 Å². The van der Waals surface area contributed by atoms with Crippen LogP contribution in [-0.4, -0.2) is 0 Å². The van der Waals surface area contributed by atoms with E-state index in [9.17, 15) is 0 Å². The van der Waals surface area contributed by atoms with Crippen molar-refractivity contribution in [3.8, 4) is 0 Å². The van der Waals surface area contributed by atoms with Gasteiger partial charge >= 0.3 is 0 Å². The molecule has 0 amide bonds. The van der Waals surface area contributed by atoms with E-state index in [1.54, 1.807) is 0 Å². The van der Waals surface area contributed by atoms with Crippen molar-refractivity contribution in [2.75, 3.05) is 0 Å². The van der Waals surface area contributed by atoms with Crippen molar-refractivity contribution < 1.29 is 0 Å². The first kappa shape index (κ1) is 7.64. The summed E-state index contributed by atoms with van der Waals surface area (Å²) in [4.78, 5) is 0. The largest absolute Gasteiger partial charge is 0.0622 e. The van der Waals surface area contributed by atoms with Crippen molar-refractivity contribution in [3.05, 3.63) is 0 Å². The normalized spacial score (nSPS) is 50.7. The topological polar surface area (TPSA) is 0 Å². The van der Waals surface area contributed by atoms with E-state index in [4.69, 9.17) is 0 Å². The van der Waals surface area contributed by atoms with Crippen LogP contribution in [0.15, 0.2) is 0 Å². The van der Waals surface area contributed by atoms with Crippen LogP contribution in [0.3, 0.4) is 0 Å². The van der Waals surface area contributed by atoms with Gasteiger partial charge in [0.1, 0.15) is 0 Å². The van der Waals surface area contributed by atoms with Crippen molar-refractivity contribution in [3.63, 3.8) is 0 Å². The van der Waals surface area contributed by atoms with Gasteiger partial charge in [-0.15, -0.1) is 0 Å². The Balaban J connectivity index is 2.09. The van der Waals surface area contributed by atoms with Gasteiger partial charge in [-0.1, -0.05) is 33.1 Å². The van der Waals surface area contributed by atoms with E-state index in [0.29, 0.717) is 0 Å². The molecule has 3 unspecified atom stereocenters. The lowest BCUT2D eigenvalue weighted by Gasteiger charge is -2.49. The maximum absolute atomic E-state index is 2.52. The summed E-state index contributed by atoms with van der Waals surface area (Å²) in [5, 5.41) is 0. The molecule has 11 heavy (non-hydrogen) atoms. The van der Waals surface area contributed by atoms with Crippen LogP contribution >= 0.6 is 0 Å². The summed E-state index contributed by atoms with van der Waals surface area (Å²) >= 11 is 0. The summed E-state index contributed by atoms with van der Waals surface area (Å²) in [6.07, 6.45) is 9.05. The molecule has 0 saturated heterocycles. The molecule has 0 nitrogen and oxygen atoms in total. The molecule has 0 aromatic rings. The van der Waals surface area contributed by atoms with Crippen molar-refractivity contribution in [1.82, 2.24) is 0 Å². The molecule has 0 spiro atoms. The highest BCUT2D eigenvalue weighted by Crippen LogP contribution is 2.55. The average molecular weight is 152 g/mol. The van der Waals surface area contributed by atoms with Gasteiger partial charge in [0.05, 0.1) is 0 Å². The van der Waals surface area contributed by atoms with Crippen molar-refractivity contribution in [1.29, 1.82) is 0 Å². The monoisotopic (exact) mass is 152 g/mol. The van der Waals surface area contributed by atoms with Crippen LogP contribution in [0.4, 0.5) is 0 Å². The molecule has 2 saturated carbocycles. The molecule has 0 heteroatoms. The van der Waals surface area contributed by atoms with Crippen LogP contribution in [-0.2, 0) is 0 Å². The standard InChI is InChI=1S/C11H20/c1-9-5-3-4-7-11(2)8-6-10(9)11/h9-10H,3-8H2,1-2H3. The van der Waals surface area contributed by atoms with E-state index in [1.165, 1.54) is 38.5 Å². The van der Waals surface area contributed by atoms with Crippen LogP contribution in [0.5, 0.6) is 0 Å². The number of fused-ring (bicyclic) bond motifs is 1. The van der Waals surface area contributed by atoms with Gasteiger partial charge in [0.15, 0.2) is 0 Å². The lowest BCUT2D eigenvalue weighted by atomic mass is 9.56. The second-order valence-corrected chi connectivity index (χ2v) is 5.02. The molecular weight excluding hydrogens is 132 g/mol. The molecule has 0 aromatic carbocycles. The van der Waals surface area contributed by atoms with Gasteiger partial charge < -0.3 is 0 Å². The molecule has 3 atom stereocenters. The Morgan fingerprint density at radius 1 is 1.09 bits per heavy atom. The molecule has 0 heterocycles. The zero-order valence-corrected chi connectivity index (χ0v) is 7.90. The van der Waals surface area contributed by atoms with E-state index in [0.717, 1.165) is 17.3 Å². The Morgan fingerprint density at radius 2 is 1.91 bits per heavy atom. The van der Waals surface area contributed by atoms with Gasteiger partial charge in [-0.2, -0.15) is 0 Å². The lowest BCUT2D eigenvalue weighted by molar-refractivity contribution is 0.0103. The Morgan fingerprint density at radius 3 is 2.55 bits per heavy atom. The molecule has 64 valence electrons. The predicted molar refractivity (Wildman–Crippen MR) is 48.5 cm³/mol. The minimum atomic E-state index is 0.774. The summed E-state index contributed by atoms with van der Waals surface area (Å²) in [7, 11) is 0. The Kier molecular flexibility index (Phi) is 1.74. The molecule has 2 rings (SSSR count). The second-order valence-electron chi connectivity index (χ2n) is 5.02. The Labute approximate surface area is 70.4 Å². The van der Waals surface area contributed by atoms with Gasteiger partial charge in [0.2, 0.25) is 0 Å². The summed E-state index contributed by atoms with van der Waals surface area (Å²) in [6.45, 7) is 4.98. The van der Waals surface area contributed by atoms with Crippen LogP contribution < -0.4 is 0 Å².